The molecule has 2 aromatic rings. The van der Waals surface area contributed by atoms with Crippen molar-refractivity contribution in [3.05, 3.63) is 54.6 Å². The molecule has 23 heavy (non-hydrogen) atoms. The number of quaternary nitrogens is 1. The van der Waals surface area contributed by atoms with Crippen LogP contribution >= 0.6 is 0 Å². The van der Waals surface area contributed by atoms with Crippen LogP contribution in [0.25, 0.3) is 0 Å². The van der Waals surface area contributed by atoms with Crippen molar-refractivity contribution in [3.8, 4) is 11.5 Å². The molecule has 0 radical (unpaired) electrons. The van der Waals surface area contributed by atoms with Crippen molar-refractivity contribution in [3.63, 3.8) is 0 Å². The maximum absolute atomic E-state index is 12.4. The smallest absolute Gasteiger partial charge is 0.282 e. The van der Waals surface area contributed by atoms with Gasteiger partial charge >= 0.3 is 0 Å². The summed E-state index contributed by atoms with van der Waals surface area (Å²) < 4.78 is 5.80. The van der Waals surface area contributed by atoms with Gasteiger partial charge in [-0.25, -0.2) is 0 Å². The van der Waals surface area contributed by atoms with Crippen molar-refractivity contribution < 1.29 is 14.4 Å². The molecule has 1 atom stereocenters. The molecule has 1 aliphatic heterocycles. The summed E-state index contributed by atoms with van der Waals surface area (Å²) in [4.78, 5) is 13.8. The molecule has 3 rings (SSSR count). The molecule has 1 fully saturated rings. The highest BCUT2D eigenvalue weighted by Gasteiger charge is 2.27. The molecule has 1 amide bonds. The summed E-state index contributed by atoms with van der Waals surface area (Å²) in [6.07, 6.45) is 2.43. The third-order valence-electron chi connectivity index (χ3n) is 4.33. The number of ether oxygens (including phenoxy) is 1. The van der Waals surface area contributed by atoms with Gasteiger partial charge in [0.15, 0.2) is 6.04 Å². The Morgan fingerprint density at radius 3 is 2.48 bits per heavy atom. The van der Waals surface area contributed by atoms with Gasteiger partial charge in [0.25, 0.3) is 5.91 Å². The molecule has 0 spiro atoms. The summed E-state index contributed by atoms with van der Waals surface area (Å²) in [6, 6.07) is 17.1. The topological polar surface area (TPSA) is 42.8 Å². The third kappa shape index (κ3) is 4.11. The molecule has 1 saturated heterocycles. The number of rotatable bonds is 5. The van der Waals surface area contributed by atoms with Crippen LogP contribution in [0.3, 0.4) is 0 Å². The van der Waals surface area contributed by atoms with Gasteiger partial charge in [-0.15, -0.1) is 0 Å². The first-order chi connectivity index (χ1) is 11.2. The van der Waals surface area contributed by atoms with Crippen molar-refractivity contribution in [2.24, 2.45) is 0 Å². The molecule has 0 bridgehead atoms. The largest absolute Gasteiger partial charge is 0.457 e. The highest BCUT2D eigenvalue weighted by Crippen LogP contribution is 2.23. The van der Waals surface area contributed by atoms with Crippen LogP contribution in [-0.4, -0.2) is 25.0 Å². The van der Waals surface area contributed by atoms with Gasteiger partial charge in [0.05, 0.1) is 13.1 Å². The van der Waals surface area contributed by atoms with E-state index < -0.39 is 0 Å². The van der Waals surface area contributed by atoms with Crippen molar-refractivity contribution >= 4 is 11.6 Å². The van der Waals surface area contributed by atoms with Crippen molar-refractivity contribution in [1.82, 2.24) is 0 Å². The van der Waals surface area contributed by atoms with Gasteiger partial charge in [-0.3, -0.25) is 4.79 Å². The number of carbonyl (C=O) groups excluding carboxylic acids is 1. The molecular formula is C19H23N2O2+. The monoisotopic (exact) mass is 311 g/mol. The first-order valence-electron chi connectivity index (χ1n) is 8.21. The van der Waals surface area contributed by atoms with Crippen LogP contribution in [0.15, 0.2) is 54.6 Å². The second-order valence-corrected chi connectivity index (χ2v) is 6.02. The molecule has 4 nitrogen and oxygen atoms in total. The molecule has 0 aliphatic carbocycles. The number of hydrogen-bond donors (Lipinski definition) is 2. The molecular weight excluding hydrogens is 288 g/mol. The Kier molecular flexibility index (Phi) is 4.93. The molecule has 1 aliphatic rings. The fourth-order valence-electron chi connectivity index (χ4n) is 2.96. The SMILES string of the molecule is C[C@@H](C(=O)Nc1cccc(Oc2ccccc2)c1)[NH+]1CCCC1. The molecule has 4 heteroatoms. The molecule has 0 unspecified atom stereocenters. The summed E-state index contributed by atoms with van der Waals surface area (Å²) in [5, 5.41) is 3.00. The van der Waals surface area contributed by atoms with E-state index >= 15 is 0 Å². The standard InChI is InChI=1S/C19H22N2O2/c1-15(21-12-5-6-13-21)19(22)20-16-8-7-11-18(14-16)23-17-9-3-2-4-10-17/h2-4,7-11,14-15H,5-6,12-13H2,1H3,(H,20,22)/p+1/t15-/m0/s1. The van der Waals surface area contributed by atoms with E-state index in [0.29, 0.717) is 0 Å². The van der Waals surface area contributed by atoms with Crippen molar-refractivity contribution in [2.45, 2.75) is 25.8 Å². The second kappa shape index (κ2) is 7.29. The third-order valence-corrected chi connectivity index (χ3v) is 4.33. The van der Waals surface area contributed by atoms with E-state index in [1.54, 1.807) is 0 Å². The summed E-state index contributed by atoms with van der Waals surface area (Å²) in [5.74, 6) is 1.57. The quantitative estimate of drug-likeness (QED) is 0.891. The zero-order valence-electron chi connectivity index (χ0n) is 13.4. The second-order valence-electron chi connectivity index (χ2n) is 6.02. The minimum Gasteiger partial charge on any atom is -0.457 e. The fraction of sp³-hybridized carbons (Fsp3) is 0.316. The van der Waals surface area contributed by atoms with Gasteiger partial charge in [-0.1, -0.05) is 24.3 Å². The maximum Gasteiger partial charge on any atom is 0.282 e. The Balaban J connectivity index is 1.64. The minimum atomic E-state index is -0.0174. The van der Waals surface area contributed by atoms with Gasteiger partial charge in [0, 0.05) is 24.6 Å². The molecule has 2 N–H and O–H groups in total. The van der Waals surface area contributed by atoms with Crippen LogP contribution in [0.4, 0.5) is 5.69 Å². The van der Waals surface area contributed by atoms with Crippen LogP contribution < -0.4 is 15.0 Å². The zero-order valence-corrected chi connectivity index (χ0v) is 13.4. The fourth-order valence-corrected chi connectivity index (χ4v) is 2.96. The summed E-state index contributed by atoms with van der Waals surface area (Å²) in [5.41, 5.74) is 0.772. The molecule has 0 saturated carbocycles. The molecule has 1 heterocycles. The predicted octanol–water partition coefficient (Wildman–Crippen LogP) is 2.48. The van der Waals surface area contributed by atoms with Crippen molar-refractivity contribution in [2.75, 3.05) is 18.4 Å². The Bertz CT molecular complexity index is 651. The van der Waals surface area contributed by atoms with E-state index in [2.05, 4.69) is 5.32 Å². The Hall–Kier alpha value is -2.33. The lowest BCUT2D eigenvalue weighted by atomic mass is 10.2. The summed E-state index contributed by atoms with van der Waals surface area (Å²) in [7, 11) is 0. The first kappa shape index (κ1) is 15.6. The number of anilines is 1. The maximum atomic E-state index is 12.4. The Morgan fingerprint density at radius 2 is 1.74 bits per heavy atom. The number of carbonyl (C=O) groups is 1. The molecule has 120 valence electrons. The van der Waals surface area contributed by atoms with Crippen molar-refractivity contribution in [1.29, 1.82) is 0 Å². The number of hydrogen-bond acceptors (Lipinski definition) is 2. The van der Waals surface area contributed by atoms with E-state index in [1.807, 2.05) is 61.5 Å². The van der Waals surface area contributed by atoms with E-state index in [0.717, 1.165) is 30.3 Å². The number of nitrogens with one attached hydrogen (secondary N) is 2. The van der Waals surface area contributed by atoms with Crippen LogP contribution in [0, 0.1) is 0 Å². The van der Waals surface area contributed by atoms with Crippen LogP contribution in [-0.2, 0) is 4.79 Å². The lowest BCUT2D eigenvalue weighted by molar-refractivity contribution is -0.901. The number of benzene rings is 2. The Labute approximate surface area is 137 Å². The van der Waals surface area contributed by atoms with Crippen LogP contribution in [0.1, 0.15) is 19.8 Å². The van der Waals surface area contributed by atoms with E-state index in [-0.39, 0.29) is 11.9 Å². The van der Waals surface area contributed by atoms with Crippen LogP contribution in [0.5, 0.6) is 11.5 Å². The van der Waals surface area contributed by atoms with Crippen LogP contribution in [0.2, 0.25) is 0 Å². The number of para-hydroxylation sites is 1. The van der Waals surface area contributed by atoms with Gasteiger partial charge < -0.3 is 15.0 Å². The molecule has 2 aromatic carbocycles. The summed E-state index contributed by atoms with van der Waals surface area (Å²) >= 11 is 0. The Morgan fingerprint density at radius 1 is 1.04 bits per heavy atom. The number of likely N-dealkylation sites (tertiary alicyclic amines) is 1. The minimum absolute atomic E-state index is 0.0174. The molecule has 0 aromatic heterocycles. The van der Waals surface area contributed by atoms with Gasteiger partial charge in [-0.05, 0) is 31.2 Å². The highest BCUT2D eigenvalue weighted by molar-refractivity contribution is 5.93. The first-order valence-corrected chi connectivity index (χ1v) is 8.21. The van der Waals surface area contributed by atoms with E-state index in [1.165, 1.54) is 17.7 Å². The number of amides is 1. The van der Waals surface area contributed by atoms with E-state index in [4.69, 9.17) is 4.74 Å². The lowest BCUT2D eigenvalue weighted by Gasteiger charge is -2.20. The lowest BCUT2D eigenvalue weighted by Crippen LogP contribution is -3.14. The van der Waals surface area contributed by atoms with Gasteiger partial charge in [0.1, 0.15) is 11.5 Å². The summed E-state index contributed by atoms with van der Waals surface area (Å²) in [6.45, 7) is 4.18. The zero-order chi connectivity index (χ0) is 16.1. The van der Waals surface area contributed by atoms with E-state index in [9.17, 15) is 4.79 Å². The highest BCUT2D eigenvalue weighted by atomic mass is 16.5. The normalized spacial score (nSPS) is 16.0. The predicted molar refractivity (Wildman–Crippen MR) is 91.0 cm³/mol. The van der Waals surface area contributed by atoms with Gasteiger partial charge in [-0.2, -0.15) is 0 Å². The average molecular weight is 311 g/mol. The average Bonchev–Trinajstić information content (AvgIpc) is 3.10. The van der Waals surface area contributed by atoms with Gasteiger partial charge in [0.2, 0.25) is 0 Å².